The molecule has 0 spiro atoms. The van der Waals surface area contributed by atoms with Crippen LogP contribution in [0.15, 0.2) is 22.8 Å². The predicted molar refractivity (Wildman–Crippen MR) is 135 cm³/mol. The van der Waals surface area contributed by atoms with Gasteiger partial charge in [0.25, 0.3) is 5.91 Å². The molecule has 1 aromatic rings. The molecule has 1 unspecified atom stereocenters. The highest BCUT2D eigenvalue weighted by Crippen LogP contribution is 2.14. The monoisotopic (exact) mass is 463 g/mol. The maximum atomic E-state index is 12.5. The molecule has 0 saturated carbocycles. The first-order valence-electron chi connectivity index (χ1n) is 13.6. The molecule has 1 atom stereocenters. The van der Waals surface area contributed by atoms with Crippen LogP contribution in [0.5, 0.6) is 0 Å². The van der Waals surface area contributed by atoms with Crippen molar-refractivity contribution >= 4 is 11.9 Å². The average molecular weight is 464 g/mol. The first-order valence-corrected chi connectivity index (χ1v) is 13.6. The molecule has 0 aliphatic heterocycles. The van der Waals surface area contributed by atoms with Crippen molar-refractivity contribution in [1.82, 2.24) is 5.32 Å². The molecule has 190 valence electrons. The van der Waals surface area contributed by atoms with Gasteiger partial charge in [-0.25, -0.2) is 4.79 Å². The number of ether oxygens (including phenoxy) is 1. The summed E-state index contributed by atoms with van der Waals surface area (Å²) in [6.07, 6.45) is 21.6. The van der Waals surface area contributed by atoms with E-state index in [1.165, 1.54) is 89.7 Å². The fourth-order valence-electron chi connectivity index (χ4n) is 4.07. The Morgan fingerprint density at radius 3 is 1.82 bits per heavy atom. The Hall–Kier alpha value is -1.78. The van der Waals surface area contributed by atoms with E-state index in [1.807, 2.05) is 13.8 Å². The van der Waals surface area contributed by atoms with Crippen molar-refractivity contribution in [2.24, 2.45) is 5.92 Å². The second-order valence-electron chi connectivity index (χ2n) is 9.75. The molecule has 0 aliphatic rings. The molecule has 0 aromatic carbocycles. The highest BCUT2D eigenvalue weighted by Gasteiger charge is 2.24. The number of nitrogens with one attached hydrogen (secondary N) is 1. The van der Waals surface area contributed by atoms with Crippen LogP contribution in [0.2, 0.25) is 0 Å². The van der Waals surface area contributed by atoms with E-state index in [2.05, 4.69) is 12.2 Å². The Bertz CT molecular complexity index is 597. The lowest BCUT2D eigenvalue weighted by Gasteiger charge is -2.19. The smallest absolute Gasteiger partial charge is 0.328 e. The van der Waals surface area contributed by atoms with E-state index in [0.29, 0.717) is 13.0 Å². The molecule has 1 amide bonds. The van der Waals surface area contributed by atoms with Crippen LogP contribution >= 0.6 is 0 Å². The van der Waals surface area contributed by atoms with E-state index in [0.717, 1.165) is 12.8 Å². The Morgan fingerprint density at radius 1 is 0.848 bits per heavy atom. The fourth-order valence-corrected chi connectivity index (χ4v) is 4.07. The van der Waals surface area contributed by atoms with Gasteiger partial charge in [-0.2, -0.15) is 0 Å². The van der Waals surface area contributed by atoms with Crippen molar-refractivity contribution in [1.29, 1.82) is 0 Å². The van der Waals surface area contributed by atoms with Gasteiger partial charge in [0.2, 0.25) is 0 Å². The molecule has 1 heterocycles. The Morgan fingerprint density at radius 2 is 1.36 bits per heavy atom. The lowest BCUT2D eigenvalue weighted by atomic mass is 10.0. The second kappa shape index (κ2) is 19.7. The Balaban J connectivity index is 2.01. The predicted octanol–water partition coefficient (Wildman–Crippen LogP) is 7.84. The minimum absolute atomic E-state index is 0.207. The summed E-state index contributed by atoms with van der Waals surface area (Å²) in [5.74, 6) is -0.257. The summed E-state index contributed by atoms with van der Waals surface area (Å²) in [7, 11) is 0. The van der Waals surface area contributed by atoms with Gasteiger partial charge >= 0.3 is 5.97 Å². The Kier molecular flexibility index (Phi) is 17.4. The van der Waals surface area contributed by atoms with Gasteiger partial charge in [0, 0.05) is 0 Å². The Labute approximate surface area is 202 Å². The van der Waals surface area contributed by atoms with Crippen LogP contribution in [0.1, 0.15) is 134 Å². The topological polar surface area (TPSA) is 68.5 Å². The lowest BCUT2D eigenvalue weighted by Crippen LogP contribution is -2.42. The summed E-state index contributed by atoms with van der Waals surface area (Å²) < 4.78 is 10.6. The summed E-state index contributed by atoms with van der Waals surface area (Å²) in [5.41, 5.74) is 0. The summed E-state index contributed by atoms with van der Waals surface area (Å²) in [5, 5.41) is 2.75. The number of carbonyl (C=O) groups is 2. The van der Waals surface area contributed by atoms with Gasteiger partial charge in [-0.3, -0.25) is 4.79 Å². The molecule has 0 saturated heterocycles. The maximum Gasteiger partial charge on any atom is 0.328 e. The lowest BCUT2D eigenvalue weighted by molar-refractivity contribution is -0.146. The van der Waals surface area contributed by atoms with Crippen molar-refractivity contribution in [3.63, 3.8) is 0 Å². The summed E-state index contributed by atoms with van der Waals surface area (Å²) >= 11 is 0. The standard InChI is InChI=1S/C28H49NO4/c1-4-5-6-7-8-9-10-11-12-13-14-15-16-17-18-21-33-28(31)25(23-24(2)3)29-27(30)26-20-19-22-32-26/h19-20,22,24-25H,4-18,21,23H2,1-3H3,(H,29,30). The maximum absolute atomic E-state index is 12.5. The first-order chi connectivity index (χ1) is 16.0. The van der Waals surface area contributed by atoms with E-state index in [1.54, 1.807) is 12.1 Å². The molecule has 0 aliphatic carbocycles. The van der Waals surface area contributed by atoms with Gasteiger partial charge in [-0.05, 0) is 30.9 Å². The number of esters is 1. The molecular weight excluding hydrogens is 414 g/mol. The molecule has 1 aromatic heterocycles. The highest BCUT2D eigenvalue weighted by atomic mass is 16.5. The van der Waals surface area contributed by atoms with Gasteiger partial charge in [0.05, 0.1) is 12.9 Å². The number of hydrogen-bond acceptors (Lipinski definition) is 4. The van der Waals surface area contributed by atoms with Crippen molar-refractivity contribution in [2.45, 2.75) is 130 Å². The molecule has 0 bridgehead atoms. The third kappa shape index (κ3) is 15.6. The van der Waals surface area contributed by atoms with E-state index in [4.69, 9.17) is 9.15 Å². The summed E-state index contributed by atoms with van der Waals surface area (Å²) in [6, 6.07) is 2.60. The largest absolute Gasteiger partial charge is 0.464 e. The molecule has 33 heavy (non-hydrogen) atoms. The van der Waals surface area contributed by atoms with Crippen LogP contribution in [0.3, 0.4) is 0 Å². The van der Waals surface area contributed by atoms with Crippen molar-refractivity contribution < 1.29 is 18.7 Å². The van der Waals surface area contributed by atoms with Crippen LogP contribution in [-0.4, -0.2) is 24.5 Å². The number of carbonyl (C=O) groups excluding carboxylic acids is 2. The molecule has 1 rings (SSSR count). The number of hydrogen-bond donors (Lipinski definition) is 1. The van der Waals surface area contributed by atoms with Crippen LogP contribution in [-0.2, 0) is 9.53 Å². The normalized spacial score (nSPS) is 12.1. The molecule has 1 N–H and O–H groups in total. The number of unbranched alkanes of at least 4 members (excludes halogenated alkanes) is 14. The van der Waals surface area contributed by atoms with Crippen LogP contribution in [0.25, 0.3) is 0 Å². The summed E-state index contributed by atoms with van der Waals surface area (Å²) in [4.78, 5) is 24.7. The number of furan rings is 1. The number of amides is 1. The molecule has 5 heteroatoms. The highest BCUT2D eigenvalue weighted by molar-refractivity contribution is 5.94. The quantitative estimate of drug-likeness (QED) is 0.149. The molecule has 0 radical (unpaired) electrons. The van der Waals surface area contributed by atoms with Crippen molar-refractivity contribution in [2.75, 3.05) is 6.61 Å². The summed E-state index contributed by atoms with van der Waals surface area (Å²) in [6.45, 7) is 6.73. The third-order valence-electron chi connectivity index (χ3n) is 6.03. The average Bonchev–Trinajstić information content (AvgIpc) is 3.33. The van der Waals surface area contributed by atoms with Crippen molar-refractivity contribution in [3.8, 4) is 0 Å². The van der Waals surface area contributed by atoms with Crippen molar-refractivity contribution in [3.05, 3.63) is 24.2 Å². The van der Waals surface area contributed by atoms with Gasteiger partial charge in [0.1, 0.15) is 6.04 Å². The van der Waals surface area contributed by atoms with Gasteiger partial charge in [-0.1, -0.05) is 111 Å². The fraction of sp³-hybridized carbons (Fsp3) is 0.786. The van der Waals surface area contributed by atoms with Crippen LogP contribution in [0, 0.1) is 5.92 Å². The third-order valence-corrected chi connectivity index (χ3v) is 6.03. The minimum atomic E-state index is -0.640. The molecule has 5 nitrogen and oxygen atoms in total. The SMILES string of the molecule is CCCCCCCCCCCCCCCCCOC(=O)C(CC(C)C)NC(=O)c1ccco1. The van der Waals surface area contributed by atoms with E-state index in [9.17, 15) is 9.59 Å². The zero-order valence-electron chi connectivity index (χ0n) is 21.5. The van der Waals surface area contributed by atoms with Crippen LogP contribution in [0.4, 0.5) is 0 Å². The van der Waals surface area contributed by atoms with Crippen LogP contribution < -0.4 is 5.32 Å². The van der Waals surface area contributed by atoms with Gasteiger partial charge < -0.3 is 14.5 Å². The minimum Gasteiger partial charge on any atom is -0.464 e. The van der Waals surface area contributed by atoms with Gasteiger partial charge in [0.15, 0.2) is 5.76 Å². The molecule has 0 fully saturated rings. The van der Waals surface area contributed by atoms with E-state index < -0.39 is 6.04 Å². The second-order valence-corrected chi connectivity index (χ2v) is 9.75. The first kappa shape index (κ1) is 29.3. The van der Waals surface area contributed by atoms with E-state index in [-0.39, 0.29) is 23.6 Å². The zero-order chi connectivity index (χ0) is 24.2. The number of rotatable bonds is 21. The van der Waals surface area contributed by atoms with Gasteiger partial charge in [-0.15, -0.1) is 0 Å². The zero-order valence-corrected chi connectivity index (χ0v) is 21.5. The molecular formula is C28H49NO4. The van der Waals surface area contributed by atoms with E-state index >= 15 is 0 Å².